The van der Waals surface area contributed by atoms with Crippen molar-refractivity contribution in [3.05, 3.63) is 47.3 Å². The number of nitrogens with zero attached hydrogens (tertiary/aromatic N) is 1. The summed E-state index contributed by atoms with van der Waals surface area (Å²) in [5, 5.41) is 13.0. The molecule has 0 aliphatic heterocycles. The van der Waals surface area contributed by atoms with E-state index in [2.05, 4.69) is 10.3 Å². The minimum Gasteiger partial charge on any atom is -0.504 e. The Morgan fingerprint density at radius 3 is 2.63 bits per heavy atom. The Kier molecular flexibility index (Phi) is 3.90. The fourth-order valence-corrected chi connectivity index (χ4v) is 1.92. The normalized spacial score (nSPS) is 10.3. The van der Waals surface area contributed by atoms with Crippen molar-refractivity contribution in [1.82, 2.24) is 4.98 Å². The van der Waals surface area contributed by atoms with Crippen molar-refractivity contribution >= 4 is 5.69 Å². The highest BCUT2D eigenvalue weighted by Gasteiger charge is 2.04. The summed E-state index contributed by atoms with van der Waals surface area (Å²) in [5.74, 6) is 0.637. The molecular weight excluding hydrogens is 240 g/mol. The molecule has 100 valence electrons. The van der Waals surface area contributed by atoms with Gasteiger partial charge in [0.1, 0.15) is 0 Å². The molecule has 4 nitrogen and oxygen atoms in total. The number of anilines is 1. The number of aryl methyl sites for hydroxylation is 2. The molecule has 0 saturated carbocycles. The van der Waals surface area contributed by atoms with Crippen LogP contribution in [-0.2, 0) is 6.54 Å². The summed E-state index contributed by atoms with van der Waals surface area (Å²) in [4.78, 5) is 4.40. The number of pyridine rings is 1. The van der Waals surface area contributed by atoms with Crippen LogP contribution in [0, 0.1) is 13.8 Å². The molecule has 0 atom stereocenters. The highest BCUT2D eigenvalue weighted by Crippen LogP contribution is 2.26. The van der Waals surface area contributed by atoms with Crippen molar-refractivity contribution < 1.29 is 9.84 Å². The second-order valence-corrected chi connectivity index (χ2v) is 4.45. The fourth-order valence-electron chi connectivity index (χ4n) is 1.92. The van der Waals surface area contributed by atoms with E-state index in [1.807, 2.05) is 32.0 Å². The molecule has 0 bridgehead atoms. The van der Waals surface area contributed by atoms with Gasteiger partial charge < -0.3 is 15.2 Å². The zero-order valence-electron chi connectivity index (χ0n) is 11.4. The molecule has 0 spiro atoms. The predicted octanol–water partition coefficient (Wildman–Crippen LogP) is 3.02. The first-order chi connectivity index (χ1) is 9.10. The van der Waals surface area contributed by atoms with Crippen LogP contribution in [0.5, 0.6) is 11.5 Å². The van der Waals surface area contributed by atoms with E-state index in [0.717, 1.165) is 22.6 Å². The molecule has 0 aliphatic rings. The summed E-state index contributed by atoms with van der Waals surface area (Å²) in [6.45, 7) is 4.57. The third-order valence-electron chi connectivity index (χ3n) is 2.95. The SMILES string of the molecule is COc1ccc(CNc2ccc(C)nc2C)cc1O. The number of rotatable bonds is 4. The van der Waals surface area contributed by atoms with Crippen LogP contribution in [0.2, 0.25) is 0 Å². The van der Waals surface area contributed by atoms with Gasteiger partial charge in [0, 0.05) is 12.2 Å². The van der Waals surface area contributed by atoms with E-state index >= 15 is 0 Å². The Morgan fingerprint density at radius 1 is 1.21 bits per heavy atom. The van der Waals surface area contributed by atoms with Gasteiger partial charge in [-0.15, -0.1) is 0 Å². The maximum absolute atomic E-state index is 9.71. The predicted molar refractivity (Wildman–Crippen MR) is 75.7 cm³/mol. The molecule has 0 radical (unpaired) electrons. The minimum atomic E-state index is 0.153. The lowest BCUT2D eigenvalue weighted by Gasteiger charge is -2.10. The minimum absolute atomic E-state index is 0.153. The Morgan fingerprint density at radius 2 is 2.00 bits per heavy atom. The first-order valence-corrected chi connectivity index (χ1v) is 6.14. The molecule has 4 heteroatoms. The summed E-state index contributed by atoms with van der Waals surface area (Å²) in [7, 11) is 1.54. The summed E-state index contributed by atoms with van der Waals surface area (Å²) in [6, 6.07) is 9.36. The highest BCUT2D eigenvalue weighted by molar-refractivity contribution is 5.49. The molecule has 0 aliphatic carbocycles. The number of ether oxygens (including phenoxy) is 1. The van der Waals surface area contributed by atoms with Gasteiger partial charge in [-0.25, -0.2) is 0 Å². The third-order valence-corrected chi connectivity index (χ3v) is 2.95. The molecule has 0 saturated heterocycles. The number of benzene rings is 1. The largest absolute Gasteiger partial charge is 0.504 e. The van der Waals surface area contributed by atoms with Gasteiger partial charge in [0.2, 0.25) is 0 Å². The molecule has 1 aromatic carbocycles. The third kappa shape index (κ3) is 3.16. The summed E-state index contributed by atoms with van der Waals surface area (Å²) in [5.41, 5.74) is 3.96. The van der Waals surface area contributed by atoms with Crippen LogP contribution in [0.1, 0.15) is 17.0 Å². The summed E-state index contributed by atoms with van der Waals surface area (Å²) < 4.78 is 5.01. The quantitative estimate of drug-likeness (QED) is 0.885. The zero-order valence-corrected chi connectivity index (χ0v) is 11.4. The molecule has 19 heavy (non-hydrogen) atoms. The van der Waals surface area contributed by atoms with E-state index in [9.17, 15) is 5.11 Å². The second-order valence-electron chi connectivity index (χ2n) is 4.45. The number of methoxy groups -OCH3 is 1. The van der Waals surface area contributed by atoms with Crippen LogP contribution in [0.3, 0.4) is 0 Å². The van der Waals surface area contributed by atoms with Gasteiger partial charge in [-0.2, -0.15) is 0 Å². The van der Waals surface area contributed by atoms with Gasteiger partial charge in [0.15, 0.2) is 11.5 Å². The maximum atomic E-state index is 9.71. The zero-order chi connectivity index (χ0) is 13.8. The van der Waals surface area contributed by atoms with Gasteiger partial charge in [0.25, 0.3) is 0 Å². The number of hydrogen-bond donors (Lipinski definition) is 2. The molecule has 2 N–H and O–H groups in total. The van der Waals surface area contributed by atoms with E-state index in [-0.39, 0.29) is 5.75 Å². The second kappa shape index (κ2) is 5.61. The lowest BCUT2D eigenvalue weighted by atomic mass is 10.2. The summed E-state index contributed by atoms with van der Waals surface area (Å²) >= 11 is 0. The van der Waals surface area contributed by atoms with E-state index in [4.69, 9.17) is 4.74 Å². The van der Waals surface area contributed by atoms with Crippen LogP contribution >= 0.6 is 0 Å². The van der Waals surface area contributed by atoms with Crippen LogP contribution in [0.15, 0.2) is 30.3 Å². The molecular formula is C15H18N2O2. The van der Waals surface area contributed by atoms with Gasteiger partial charge in [0.05, 0.1) is 18.5 Å². The van der Waals surface area contributed by atoms with Gasteiger partial charge >= 0.3 is 0 Å². The molecule has 1 heterocycles. The van der Waals surface area contributed by atoms with Crippen molar-refractivity contribution in [1.29, 1.82) is 0 Å². The highest BCUT2D eigenvalue weighted by atomic mass is 16.5. The molecule has 2 rings (SSSR count). The fraction of sp³-hybridized carbons (Fsp3) is 0.267. The van der Waals surface area contributed by atoms with Crippen molar-refractivity contribution in [2.24, 2.45) is 0 Å². The van der Waals surface area contributed by atoms with Crippen LogP contribution in [-0.4, -0.2) is 17.2 Å². The topological polar surface area (TPSA) is 54.4 Å². The number of phenols is 1. The number of aromatic hydroxyl groups is 1. The lowest BCUT2D eigenvalue weighted by Crippen LogP contribution is -2.02. The molecule has 2 aromatic rings. The molecule has 0 unspecified atom stereocenters. The first kappa shape index (κ1) is 13.2. The van der Waals surface area contributed by atoms with E-state index in [1.165, 1.54) is 7.11 Å². The van der Waals surface area contributed by atoms with Gasteiger partial charge in [-0.05, 0) is 43.7 Å². The number of phenolic OH excluding ortho intramolecular Hbond substituents is 1. The molecule has 0 amide bonds. The molecule has 0 fully saturated rings. The van der Waals surface area contributed by atoms with Crippen LogP contribution < -0.4 is 10.1 Å². The van der Waals surface area contributed by atoms with Crippen molar-refractivity contribution in [3.8, 4) is 11.5 Å². The first-order valence-electron chi connectivity index (χ1n) is 6.14. The maximum Gasteiger partial charge on any atom is 0.160 e. The monoisotopic (exact) mass is 258 g/mol. The smallest absolute Gasteiger partial charge is 0.160 e. The van der Waals surface area contributed by atoms with E-state index < -0.39 is 0 Å². The Hall–Kier alpha value is -2.23. The Labute approximate surface area is 113 Å². The van der Waals surface area contributed by atoms with Crippen LogP contribution in [0.4, 0.5) is 5.69 Å². The Bertz CT molecular complexity index is 582. The van der Waals surface area contributed by atoms with Crippen molar-refractivity contribution in [3.63, 3.8) is 0 Å². The van der Waals surface area contributed by atoms with E-state index in [1.54, 1.807) is 12.1 Å². The van der Waals surface area contributed by atoms with Crippen molar-refractivity contribution in [2.75, 3.05) is 12.4 Å². The van der Waals surface area contributed by atoms with E-state index in [0.29, 0.717) is 12.3 Å². The number of aromatic nitrogens is 1. The van der Waals surface area contributed by atoms with Gasteiger partial charge in [-0.3, -0.25) is 4.98 Å². The summed E-state index contributed by atoms with van der Waals surface area (Å²) in [6.07, 6.45) is 0. The lowest BCUT2D eigenvalue weighted by molar-refractivity contribution is 0.373. The Balaban J connectivity index is 2.08. The van der Waals surface area contributed by atoms with Crippen LogP contribution in [0.25, 0.3) is 0 Å². The standard InChI is InChI=1S/C15H18N2O2/c1-10-4-6-13(11(2)17-10)16-9-12-5-7-15(19-3)14(18)8-12/h4-8,16,18H,9H2,1-3H3. The number of hydrogen-bond acceptors (Lipinski definition) is 4. The average Bonchev–Trinajstić information content (AvgIpc) is 2.38. The van der Waals surface area contributed by atoms with Crippen molar-refractivity contribution in [2.45, 2.75) is 20.4 Å². The number of nitrogens with one attached hydrogen (secondary N) is 1. The molecule has 1 aromatic heterocycles. The van der Waals surface area contributed by atoms with Gasteiger partial charge in [-0.1, -0.05) is 6.07 Å². The average molecular weight is 258 g/mol.